The van der Waals surface area contributed by atoms with Gasteiger partial charge in [-0.1, -0.05) is 0 Å². The maximum absolute atomic E-state index is 11.1. The van der Waals surface area contributed by atoms with E-state index in [9.17, 15) is 4.79 Å². The van der Waals surface area contributed by atoms with Crippen LogP contribution in [-0.4, -0.2) is 31.5 Å². The van der Waals surface area contributed by atoms with Gasteiger partial charge in [0.1, 0.15) is 0 Å². The van der Waals surface area contributed by atoms with Crippen LogP contribution in [0.2, 0.25) is 0 Å². The van der Waals surface area contributed by atoms with Crippen LogP contribution in [0, 0.1) is 0 Å². The maximum Gasteiger partial charge on any atom is 0.221 e. The third kappa shape index (κ3) is 3.87. The van der Waals surface area contributed by atoms with Crippen LogP contribution in [0.1, 0.15) is 6.42 Å². The molecule has 0 aliphatic carbocycles. The molecule has 0 atom stereocenters. The Labute approximate surface area is 97.8 Å². The Morgan fingerprint density at radius 1 is 1.60 bits per heavy atom. The van der Waals surface area contributed by atoms with Crippen LogP contribution >= 0.6 is 15.9 Å². The lowest BCUT2D eigenvalue weighted by Crippen LogP contribution is -2.26. The van der Waals surface area contributed by atoms with Crippen LogP contribution in [0.15, 0.2) is 22.9 Å². The highest BCUT2D eigenvalue weighted by atomic mass is 79.9. The molecule has 0 saturated carbocycles. The lowest BCUT2D eigenvalue weighted by atomic mass is 10.3. The van der Waals surface area contributed by atoms with Crippen molar-refractivity contribution in [3.05, 3.63) is 22.9 Å². The molecule has 0 aliphatic rings. The Hall–Kier alpha value is -1.10. The Morgan fingerprint density at radius 3 is 2.93 bits per heavy atom. The quantitative estimate of drug-likeness (QED) is 0.901. The van der Waals surface area contributed by atoms with Gasteiger partial charge in [0.15, 0.2) is 0 Å². The van der Waals surface area contributed by atoms with Gasteiger partial charge in [-0.25, -0.2) is 0 Å². The topological polar surface area (TPSA) is 45.2 Å². The smallest absolute Gasteiger partial charge is 0.221 e. The first-order valence-electron chi connectivity index (χ1n) is 4.65. The number of carbonyl (C=O) groups excluding carboxylic acids is 1. The van der Waals surface area contributed by atoms with Crippen molar-refractivity contribution in [2.75, 3.05) is 25.5 Å². The monoisotopic (exact) mass is 271 g/mol. The predicted octanol–water partition coefficient (Wildman–Crippen LogP) is 1.42. The maximum atomic E-state index is 11.1. The summed E-state index contributed by atoms with van der Waals surface area (Å²) in [6.45, 7) is 0.678. The molecule has 1 aromatic heterocycles. The third-order valence-corrected chi connectivity index (χ3v) is 2.52. The van der Waals surface area contributed by atoms with E-state index in [1.54, 1.807) is 19.4 Å². The molecule has 1 aromatic rings. The van der Waals surface area contributed by atoms with Crippen molar-refractivity contribution in [1.82, 2.24) is 10.3 Å². The van der Waals surface area contributed by atoms with E-state index in [-0.39, 0.29) is 5.91 Å². The van der Waals surface area contributed by atoms with Crippen molar-refractivity contribution in [2.24, 2.45) is 0 Å². The van der Waals surface area contributed by atoms with Crippen molar-refractivity contribution in [2.45, 2.75) is 6.42 Å². The van der Waals surface area contributed by atoms with E-state index in [0.717, 1.165) is 10.2 Å². The van der Waals surface area contributed by atoms with Gasteiger partial charge in [-0.2, -0.15) is 0 Å². The molecule has 82 valence electrons. The molecule has 0 bridgehead atoms. The van der Waals surface area contributed by atoms with Crippen LogP contribution in [0.25, 0.3) is 0 Å². The Kier molecular flexibility index (Phi) is 4.55. The second-order valence-electron chi connectivity index (χ2n) is 3.21. The van der Waals surface area contributed by atoms with Gasteiger partial charge in [0.05, 0.1) is 11.9 Å². The summed E-state index contributed by atoms with van der Waals surface area (Å²) in [5.74, 6) is 0.0461. The molecule has 4 nitrogen and oxygen atoms in total. The number of carbonyl (C=O) groups is 1. The van der Waals surface area contributed by atoms with Crippen molar-refractivity contribution < 1.29 is 4.79 Å². The molecular formula is C10H14BrN3O. The lowest BCUT2D eigenvalue weighted by Gasteiger charge is -2.18. The van der Waals surface area contributed by atoms with Crippen molar-refractivity contribution in [3.8, 4) is 0 Å². The van der Waals surface area contributed by atoms with Gasteiger partial charge in [-0.05, 0) is 22.0 Å². The second-order valence-corrected chi connectivity index (χ2v) is 4.12. The SMILES string of the molecule is CNC(=O)CCN(C)c1cncc(Br)c1. The molecule has 5 heteroatoms. The third-order valence-electron chi connectivity index (χ3n) is 2.08. The van der Waals surface area contributed by atoms with Gasteiger partial charge in [0.2, 0.25) is 5.91 Å². The number of anilines is 1. The molecule has 1 rings (SSSR count). The van der Waals surface area contributed by atoms with E-state index in [2.05, 4.69) is 26.2 Å². The van der Waals surface area contributed by atoms with Crippen molar-refractivity contribution in [3.63, 3.8) is 0 Å². The van der Waals surface area contributed by atoms with Crippen LogP contribution in [0.4, 0.5) is 5.69 Å². The van der Waals surface area contributed by atoms with Crippen LogP contribution < -0.4 is 10.2 Å². The fourth-order valence-corrected chi connectivity index (χ4v) is 1.49. The standard InChI is InChI=1S/C10H14BrN3O/c1-12-10(15)3-4-14(2)9-5-8(11)6-13-7-9/h5-7H,3-4H2,1-2H3,(H,12,15). The summed E-state index contributed by atoms with van der Waals surface area (Å²) >= 11 is 3.36. The molecule has 0 spiro atoms. The molecule has 1 heterocycles. The molecule has 1 N–H and O–H groups in total. The zero-order valence-electron chi connectivity index (χ0n) is 8.83. The van der Waals surface area contributed by atoms with Gasteiger partial charge in [-0.15, -0.1) is 0 Å². The fourth-order valence-electron chi connectivity index (χ4n) is 1.13. The minimum absolute atomic E-state index is 0.0461. The summed E-state index contributed by atoms with van der Waals surface area (Å²) in [6.07, 6.45) is 3.99. The number of aromatic nitrogens is 1. The van der Waals surface area contributed by atoms with E-state index in [1.165, 1.54) is 0 Å². The first kappa shape index (κ1) is 12.0. The average molecular weight is 272 g/mol. The first-order chi connectivity index (χ1) is 7.13. The minimum Gasteiger partial charge on any atom is -0.373 e. The van der Waals surface area contributed by atoms with E-state index in [1.807, 2.05) is 18.0 Å². The normalized spacial score (nSPS) is 9.80. The molecule has 0 aromatic carbocycles. The van der Waals surface area contributed by atoms with Crippen molar-refractivity contribution >= 4 is 27.5 Å². The molecule has 0 aliphatic heterocycles. The molecular weight excluding hydrogens is 258 g/mol. The summed E-state index contributed by atoms with van der Waals surface area (Å²) in [6, 6.07) is 1.97. The van der Waals surface area contributed by atoms with Gasteiger partial charge >= 0.3 is 0 Å². The van der Waals surface area contributed by atoms with E-state index in [4.69, 9.17) is 0 Å². The molecule has 0 saturated heterocycles. The number of amides is 1. The first-order valence-corrected chi connectivity index (χ1v) is 5.45. The summed E-state index contributed by atoms with van der Waals surface area (Å²) in [7, 11) is 3.58. The van der Waals surface area contributed by atoms with Crippen molar-refractivity contribution in [1.29, 1.82) is 0 Å². The lowest BCUT2D eigenvalue weighted by molar-refractivity contribution is -0.120. The Bertz CT molecular complexity index is 343. The highest BCUT2D eigenvalue weighted by molar-refractivity contribution is 9.10. The molecule has 15 heavy (non-hydrogen) atoms. The van der Waals surface area contributed by atoms with Gasteiger partial charge in [-0.3, -0.25) is 9.78 Å². The molecule has 0 unspecified atom stereocenters. The number of pyridine rings is 1. The summed E-state index contributed by atoms with van der Waals surface area (Å²) in [4.78, 5) is 17.1. The number of nitrogens with one attached hydrogen (secondary N) is 1. The Morgan fingerprint density at radius 2 is 2.33 bits per heavy atom. The van der Waals surface area contributed by atoms with Gasteiger partial charge < -0.3 is 10.2 Å². The number of hydrogen-bond acceptors (Lipinski definition) is 3. The molecule has 0 fully saturated rings. The minimum atomic E-state index is 0.0461. The highest BCUT2D eigenvalue weighted by Gasteiger charge is 2.04. The van der Waals surface area contributed by atoms with E-state index in [0.29, 0.717) is 13.0 Å². The number of halogens is 1. The largest absolute Gasteiger partial charge is 0.373 e. The predicted molar refractivity (Wildman–Crippen MR) is 63.9 cm³/mol. The number of nitrogens with zero attached hydrogens (tertiary/aromatic N) is 2. The van der Waals surface area contributed by atoms with Crippen LogP contribution in [0.3, 0.4) is 0 Å². The van der Waals surface area contributed by atoms with Gasteiger partial charge in [0, 0.05) is 37.7 Å². The highest BCUT2D eigenvalue weighted by Crippen LogP contribution is 2.16. The summed E-state index contributed by atoms with van der Waals surface area (Å²) < 4.78 is 0.937. The fraction of sp³-hybridized carbons (Fsp3) is 0.400. The van der Waals surface area contributed by atoms with Crippen LogP contribution in [0.5, 0.6) is 0 Å². The molecule has 1 amide bonds. The molecule has 0 radical (unpaired) electrons. The summed E-state index contributed by atoms with van der Waals surface area (Å²) in [5, 5.41) is 2.59. The van der Waals surface area contributed by atoms with Crippen LogP contribution in [-0.2, 0) is 4.79 Å². The number of rotatable bonds is 4. The van der Waals surface area contributed by atoms with Gasteiger partial charge in [0.25, 0.3) is 0 Å². The zero-order valence-corrected chi connectivity index (χ0v) is 10.4. The number of hydrogen-bond donors (Lipinski definition) is 1. The van der Waals surface area contributed by atoms with E-state index >= 15 is 0 Å². The summed E-state index contributed by atoms with van der Waals surface area (Å²) in [5.41, 5.74) is 0.994. The Balaban J connectivity index is 2.53. The van der Waals surface area contributed by atoms with E-state index < -0.39 is 0 Å². The average Bonchev–Trinajstić information content (AvgIpc) is 2.25. The second kappa shape index (κ2) is 5.70. The zero-order chi connectivity index (χ0) is 11.3.